The summed E-state index contributed by atoms with van der Waals surface area (Å²) in [7, 11) is 1.92. The van der Waals surface area contributed by atoms with Crippen molar-refractivity contribution in [3.8, 4) is 11.1 Å². The zero-order chi connectivity index (χ0) is 25.1. The van der Waals surface area contributed by atoms with E-state index in [-0.39, 0.29) is 5.92 Å². The summed E-state index contributed by atoms with van der Waals surface area (Å²) in [6.07, 6.45) is 19.4. The van der Waals surface area contributed by atoms with Crippen LogP contribution in [0.25, 0.3) is 16.6 Å². The van der Waals surface area contributed by atoms with E-state index in [1.807, 2.05) is 67.7 Å². The van der Waals surface area contributed by atoms with E-state index in [9.17, 15) is 0 Å². The van der Waals surface area contributed by atoms with Gasteiger partial charge in [-0.1, -0.05) is 37.8 Å². The summed E-state index contributed by atoms with van der Waals surface area (Å²) in [6, 6.07) is 2.13. The molecular formula is C27H31N9. The highest BCUT2D eigenvalue weighted by Gasteiger charge is 2.23. The summed E-state index contributed by atoms with van der Waals surface area (Å²) < 4.78 is 3.70. The number of rotatable bonds is 7. The topological polar surface area (TPSA) is 80.3 Å². The normalized spacial score (nSPS) is 15.7. The van der Waals surface area contributed by atoms with E-state index in [0.29, 0.717) is 0 Å². The Morgan fingerprint density at radius 1 is 0.972 bits per heavy atom. The number of nitrogens with zero attached hydrogens (tertiary/aromatic N) is 9. The van der Waals surface area contributed by atoms with E-state index in [4.69, 9.17) is 9.97 Å². The SMILES string of the molecule is C=C/C=C(\C=C/C)C(C)c1cnc(N2CCN(c3ncnn4cc(-c5cnn(C)c5)cc34)CC2)nc1. The molecule has 9 nitrogen and oxygen atoms in total. The van der Waals surface area contributed by atoms with Gasteiger partial charge in [-0.15, -0.1) is 0 Å². The number of fused-ring (bicyclic) bond motifs is 1. The first-order chi connectivity index (χ1) is 17.6. The highest BCUT2D eigenvalue weighted by molar-refractivity contribution is 5.77. The fourth-order valence-electron chi connectivity index (χ4n) is 4.59. The minimum absolute atomic E-state index is 0.198. The molecule has 1 aliphatic heterocycles. The molecule has 4 aromatic rings. The van der Waals surface area contributed by atoms with Gasteiger partial charge >= 0.3 is 0 Å². The van der Waals surface area contributed by atoms with Crippen LogP contribution in [0.1, 0.15) is 25.3 Å². The number of hydrogen-bond acceptors (Lipinski definition) is 7. The third-order valence-corrected chi connectivity index (χ3v) is 6.61. The van der Waals surface area contributed by atoms with Gasteiger partial charge in [0, 0.05) is 75.1 Å². The number of allylic oxidation sites excluding steroid dienone is 5. The molecule has 0 saturated carbocycles. The fraction of sp³-hybridized carbons (Fsp3) is 0.296. The second-order valence-electron chi connectivity index (χ2n) is 8.96. The molecular weight excluding hydrogens is 450 g/mol. The molecule has 0 bridgehead atoms. The van der Waals surface area contributed by atoms with Gasteiger partial charge in [-0.05, 0) is 24.1 Å². The maximum Gasteiger partial charge on any atom is 0.225 e. The minimum Gasteiger partial charge on any atom is -0.351 e. The molecule has 5 heterocycles. The molecule has 1 fully saturated rings. The molecule has 184 valence electrons. The average Bonchev–Trinajstić information content (AvgIpc) is 3.54. The van der Waals surface area contributed by atoms with Crippen molar-refractivity contribution >= 4 is 17.3 Å². The molecule has 9 heteroatoms. The number of piperazine rings is 1. The highest BCUT2D eigenvalue weighted by Crippen LogP contribution is 2.28. The molecule has 0 aromatic carbocycles. The van der Waals surface area contributed by atoms with Crippen molar-refractivity contribution < 1.29 is 0 Å². The molecule has 1 aliphatic rings. The summed E-state index contributed by atoms with van der Waals surface area (Å²) in [5.74, 6) is 1.90. The van der Waals surface area contributed by atoms with Crippen molar-refractivity contribution in [2.24, 2.45) is 7.05 Å². The highest BCUT2D eigenvalue weighted by atomic mass is 15.4. The van der Waals surface area contributed by atoms with Crippen LogP contribution in [0.4, 0.5) is 11.8 Å². The molecule has 0 radical (unpaired) electrons. The second-order valence-corrected chi connectivity index (χ2v) is 8.96. The first-order valence-corrected chi connectivity index (χ1v) is 12.2. The average molecular weight is 482 g/mol. The number of anilines is 2. The quantitative estimate of drug-likeness (QED) is 0.369. The Morgan fingerprint density at radius 3 is 2.39 bits per heavy atom. The molecule has 4 aromatic heterocycles. The van der Waals surface area contributed by atoms with Crippen LogP contribution in [0.5, 0.6) is 0 Å². The predicted molar refractivity (Wildman–Crippen MR) is 143 cm³/mol. The van der Waals surface area contributed by atoms with Gasteiger partial charge in [-0.2, -0.15) is 10.2 Å². The van der Waals surface area contributed by atoms with Gasteiger partial charge in [0.1, 0.15) is 11.8 Å². The molecule has 36 heavy (non-hydrogen) atoms. The molecule has 1 saturated heterocycles. The van der Waals surface area contributed by atoms with Crippen LogP contribution in [0.2, 0.25) is 0 Å². The summed E-state index contributed by atoms with van der Waals surface area (Å²) in [4.78, 5) is 18.5. The zero-order valence-electron chi connectivity index (χ0n) is 21.0. The van der Waals surface area contributed by atoms with Gasteiger partial charge in [0.2, 0.25) is 5.95 Å². The van der Waals surface area contributed by atoms with E-state index in [2.05, 4.69) is 50.6 Å². The fourth-order valence-corrected chi connectivity index (χ4v) is 4.59. The Kier molecular flexibility index (Phi) is 6.62. The van der Waals surface area contributed by atoms with Gasteiger partial charge in [0.25, 0.3) is 0 Å². The van der Waals surface area contributed by atoms with Gasteiger partial charge < -0.3 is 9.80 Å². The molecule has 1 unspecified atom stereocenters. The maximum absolute atomic E-state index is 4.69. The predicted octanol–water partition coefficient (Wildman–Crippen LogP) is 4.04. The molecule has 0 N–H and O–H groups in total. The largest absolute Gasteiger partial charge is 0.351 e. The lowest BCUT2D eigenvalue weighted by Crippen LogP contribution is -2.47. The maximum atomic E-state index is 4.69. The first kappa shape index (κ1) is 23.5. The van der Waals surface area contributed by atoms with Crippen molar-refractivity contribution in [2.75, 3.05) is 36.0 Å². The molecule has 0 aliphatic carbocycles. The Labute approximate surface area is 211 Å². The minimum atomic E-state index is 0.198. The molecule has 5 rings (SSSR count). The summed E-state index contributed by atoms with van der Waals surface area (Å²) >= 11 is 0. The van der Waals surface area contributed by atoms with Crippen molar-refractivity contribution in [3.05, 3.63) is 85.4 Å². The number of aryl methyl sites for hydroxylation is 1. The summed E-state index contributed by atoms with van der Waals surface area (Å²) in [6.45, 7) is 11.3. The van der Waals surface area contributed by atoms with Gasteiger partial charge in [-0.25, -0.2) is 19.5 Å². The lowest BCUT2D eigenvalue weighted by Gasteiger charge is -2.35. The molecule has 0 spiro atoms. The molecule has 0 amide bonds. The van der Waals surface area contributed by atoms with Crippen LogP contribution in [0, 0.1) is 0 Å². The standard InChI is InChI=1S/C27H31N9/c1-5-7-21(8-6-2)20(3)23-14-28-27(29-15-23)35-11-9-34(10-12-35)26-25-13-22(18-36(25)32-19-30-26)24-16-31-33(4)17-24/h5-8,13-20H,1,9-12H2,2-4H3/b8-6-,21-7+. The van der Waals surface area contributed by atoms with Crippen LogP contribution in [-0.2, 0) is 7.05 Å². The van der Waals surface area contributed by atoms with Gasteiger partial charge in [0.15, 0.2) is 5.82 Å². The van der Waals surface area contributed by atoms with Crippen LogP contribution >= 0.6 is 0 Å². The van der Waals surface area contributed by atoms with Gasteiger partial charge in [0.05, 0.1) is 6.20 Å². The van der Waals surface area contributed by atoms with E-state index < -0.39 is 0 Å². The van der Waals surface area contributed by atoms with Crippen LogP contribution in [-0.4, -0.2) is 60.5 Å². The van der Waals surface area contributed by atoms with E-state index >= 15 is 0 Å². The Bertz CT molecular complexity index is 1400. The van der Waals surface area contributed by atoms with Crippen molar-refractivity contribution in [1.82, 2.24) is 34.3 Å². The van der Waals surface area contributed by atoms with Crippen LogP contribution < -0.4 is 9.80 Å². The lowest BCUT2D eigenvalue weighted by atomic mass is 9.94. The monoisotopic (exact) mass is 481 g/mol. The van der Waals surface area contributed by atoms with Crippen LogP contribution in [0.3, 0.4) is 0 Å². The third kappa shape index (κ3) is 4.64. The summed E-state index contributed by atoms with van der Waals surface area (Å²) in [5.41, 5.74) is 5.40. The van der Waals surface area contributed by atoms with E-state index in [1.165, 1.54) is 5.57 Å². The zero-order valence-corrected chi connectivity index (χ0v) is 21.0. The Balaban J connectivity index is 1.28. The summed E-state index contributed by atoms with van der Waals surface area (Å²) in [5, 5.41) is 8.70. The number of aromatic nitrogens is 7. The first-order valence-electron chi connectivity index (χ1n) is 12.2. The van der Waals surface area contributed by atoms with Gasteiger partial charge in [-0.3, -0.25) is 4.68 Å². The van der Waals surface area contributed by atoms with Crippen molar-refractivity contribution in [1.29, 1.82) is 0 Å². The van der Waals surface area contributed by atoms with Crippen molar-refractivity contribution in [3.63, 3.8) is 0 Å². The third-order valence-electron chi connectivity index (χ3n) is 6.61. The molecule has 1 atom stereocenters. The van der Waals surface area contributed by atoms with E-state index in [1.54, 1.807) is 11.0 Å². The lowest BCUT2D eigenvalue weighted by molar-refractivity contribution is 0.632. The Hall–Kier alpha value is -4.27. The number of hydrogen-bond donors (Lipinski definition) is 0. The smallest absolute Gasteiger partial charge is 0.225 e. The van der Waals surface area contributed by atoms with E-state index in [0.717, 1.165) is 60.2 Å². The Morgan fingerprint density at radius 2 is 1.72 bits per heavy atom. The van der Waals surface area contributed by atoms with Crippen molar-refractivity contribution in [2.45, 2.75) is 19.8 Å². The second kappa shape index (κ2) is 10.2. The van der Waals surface area contributed by atoms with Crippen LogP contribution in [0.15, 0.2) is 79.8 Å².